The Hall–Kier alpha value is -2.60. The van der Waals surface area contributed by atoms with Gasteiger partial charge in [0.25, 0.3) is 0 Å². The van der Waals surface area contributed by atoms with Crippen molar-refractivity contribution in [2.45, 2.75) is 13.3 Å². The third-order valence-corrected chi connectivity index (χ3v) is 4.06. The molecule has 0 spiro atoms. The van der Waals surface area contributed by atoms with Crippen molar-refractivity contribution in [2.75, 3.05) is 6.26 Å². The van der Waals surface area contributed by atoms with Crippen LogP contribution >= 0.6 is 0 Å². The molecule has 124 valence electrons. The monoisotopic (exact) mass is 344 g/mol. The van der Waals surface area contributed by atoms with Gasteiger partial charge in [0.1, 0.15) is 5.58 Å². The maximum Gasteiger partial charge on any atom is 0.306 e. The molecule has 0 bridgehead atoms. The van der Waals surface area contributed by atoms with Crippen molar-refractivity contribution in [1.29, 1.82) is 0 Å². The molecule has 0 saturated heterocycles. The number of hydrogen-bond donors (Lipinski definition) is 0. The van der Waals surface area contributed by atoms with Crippen molar-refractivity contribution in [3.05, 3.63) is 64.3 Å². The number of hydrogen-bond acceptors (Lipinski definition) is 5. The quantitative estimate of drug-likeness (QED) is 0.679. The third-order valence-electron chi connectivity index (χ3n) is 3.59. The Labute approximate surface area is 139 Å². The summed E-state index contributed by atoms with van der Waals surface area (Å²) in [6, 6.07) is 14.1. The minimum atomic E-state index is -3.87. The van der Waals surface area contributed by atoms with Gasteiger partial charge in [-0.05, 0) is 24.1 Å². The van der Waals surface area contributed by atoms with Gasteiger partial charge < -0.3 is 8.60 Å². The molecule has 1 heterocycles. The predicted octanol–water partition coefficient (Wildman–Crippen LogP) is 3.36. The summed E-state index contributed by atoms with van der Waals surface area (Å²) >= 11 is 0. The second-order valence-electron chi connectivity index (χ2n) is 5.43. The molecule has 0 fully saturated rings. The molecule has 0 N–H and O–H groups in total. The highest BCUT2D eigenvalue weighted by Gasteiger charge is 2.21. The zero-order valence-corrected chi connectivity index (χ0v) is 14.1. The second-order valence-corrected chi connectivity index (χ2v) is 7.00. The van der Waals surface area contributed by atoms with E-state index < -0.39 is 15.5 Å². The molecule has 0 aliphatic carbocycles. The Morgan fingerprint density at radius 3 is 2.42 bits per heavy atom. The molecule has 3 rings (SSSR count). The summed E-state index contributed by atoms with van der Waals surface area (Å²) in [4.78, 5) is 12.8. The average Bonchev–Trinajstić information content (AvgIpc) is 2.56. The van der Waals surface area contributed by atoms with Crippen molar-refractivity contribution in [3.63, 3.8) is 0 Å². The fraction of sp³-hybridized carbons (Fsp3) is 0.167. The zero-order chi connectivity index (χ0) is 17.3. The fourth-order valence-electron chi connectivity index (χ4n) is 2.45. The number of rotatable bonds is 4. The molecule has 6 heteroatoms. The topological polar surface area (TPSA) is 73.6 Å². The Balaban J connectivity index is 2.37. The highest BCUT2D eigenvalue weighted by Crippen LogP contribution is 2.31. The van der Waals surface area contributed by atoms with Crippen molar-refractivity contribution in [3.8, 4) is 17.1 Å². The summed E-state index contributed by atoms with van der Waals surface area (Å²) in [6.07, 6.45) is 1.64. The Bertz CT molecular complexity index is 1050. The maximum absolute atomic E-state index is 12.8. The lowest BCUT2D eigenvalue weighted by atomic mass is 10.1. The average molecular weight is 344 g/mol. The summed E-state index contributed by atoms with van der Waals surface area (Å²) in [7, 11) is -3.87. The third kappa shape index (κ3) is 3.19. The number of aryl methyl sites for hydroxylation is 1. The standard InChI is InChI=1S/C18H16O5S/c1-3-12-9-10-15-14(11-12)16(19)18(23-24(2,20)21)17(22-15)13-7-5-4-6-8-13/h4-11H,3H2,1-2H3. The lowest BCUT2D eigenvalue weighted by Gasteiger charge is -2.10. The smallest absolute Gasteiger partial charge is 0.306 e. The first kappa shape index (κ1) is 16.3. The Morgan fingerprint density at radius 1 is 1.08 bits per heavy atom. The van der Waals surface area contributed by atoms with Gasteiger partial charge >= 0.3 is 10.1 Å². The van der Waals surface area contributed by atoms with Crippen molar-refractivity contribution in [2.24, 2.45) is 0 Å². The largest absolute Gasteiger partial charge is 0.452 e. The maximum atomic E-state index is 12.8. The van der Waals surface area contributed by atoms with Gasteiger partial charge in [0, 0.05) is 5.56 Å². The number of benzene rings is 2. The van der Waals surface area contributed by atoms with Gasteiger partial charge in [-0.15, -0.1) is 0 Å². The lowest BCUT2D eigenvalue weighted by Crippen LogP contribution is -2.15. The minimum absolute atomic E-state index is 0.0998. The molecule has 0 unspecified atom stereocenters. The van der Waals surface area contributed by atoms with Gasteiger partial charge in [0.15, 0.2) is 5.76 Å². The van der Waals surface area contributed by atoms with E-state index in [0.29, 0.717) is 16.5 Å². The normalized spacial score (nSPS) is 11.6. The van der Waals surface area contributed by atoms with Gasteiger partial charge in [-0.1, -0.05) is 43.3 Å². The molecule has 1 aromatic heterocycles. The van der Waals surface area contributed by atoms with Gasteiger partial charge in [0.05, 0.1) is 11.6 Å². The van der Waals surface area contributed by atoms with Crippen LogP contribution in [0.15, 0.2) is 57.7 Å². The first-order valence-corrected chi connectivity index (χ1v) is 9.25. The molecule has 24 heavy (non-hydrogen) atoms. The van der Waals surface area contributed by atoms with Crippen molar-refractivity contribution in [1.82, 2.24) is 0 Å². The van der Waals surface area contributed by atoms with Gasteiger partial charge in [-0.3, -0.25) is 4.79 Å². The van der Waals surface area contributed by atoms with E-state index in [4.69, 9.17) is 8.60 Å². The molecule has 5 nitrogen and oxygen atoms in total. The molecule has 3 aromatic rings. The predicted molar refractivity (Wildman–Crippen MR) is 92.8 cm³/mol. The van der Waals surface area contributed by atoms with E-state index in [2.05, 4.69) is 0 Å². The number of fused-ring (bicyclic) bond motifs is 1. The SMILES string of the molecule is CCc1ccc2oc(-c3ccccc3)c(OS(C)(=O)=O)c(=O)c2c1. The van der Waals surface area contributed by atoms with Crippen LogP contribution in [0.3, 0.4) is 0 Å². The summed E-state index contributed by atoms with van der Waals surface area (Å²) in [6.45, 7) is 1.97. The van der Waals surface area contributed by atoms with Crippen LogP contribution in [0.1, 0.15) is 12.5 Å². The van der Waals surface area contributed by atoms with E-state index in [-0.39, 0.29) is 11.5 Å². The van der Waals surface area contributed by atoms with E-state index >= 15 is 0 Å². The van der Waals surface area contributed by atoms with Crippen LogP contribution in [-0.4, -0.2) is 14.7 Å². The van der Waals surface area contributed by atoms with Crippen LogP contribution < -0.4 is 9.61 Å². The molecular formula is C18H16O5S. The second kappa shape index (κ2) is 6.13. The van der Waals surface area contributed by atoms with Crippen LogP contribution in [0, 0.1) is 0 Å². The first-order chi connectivity index (χ1) is 11.4. The van der Waals surface area contributed by atoms with Crippen LogP contribution in [0.25, 0.3) is 22.3 Å². The summed E-state index contributed by atoms with van der Waals surface area (Å²) in [5, 5.41) is 0.299. The molecule has 0 radical (unpaired) electrons. The molecule has 0 atom stereocenters. The van der Waals surface area contributed by atoms with Crippen LogP contribution in [-0.2, 0) is 16.5 Å². The van der Waals surface area contributed by atoms with Crippen LogP contribution in [0.2, 0.25) is 0 Å². The van der Waals surface area contributed by atoms with E-state index in [0.717, 1.165) is 18.2 Å². The molecule has 0 aliphatic heterocycles. The van der Waals surface area contributed by atoms with Crippen LogP contribution in [0.5, 0.6) is 5.75 Å². The fourth-order valence-corrected chi connectivity index (χ4v) is 2.91. The van der Waals surface area contributed by atoms with Gasteiger partial charge in [-0.2, -0.15) is 8.42 Å². The zero-order valence-electron chi connectivity index (χ0n) is 13.3. The molecule has 0 amide bonds. The molecule has 0 aliphatic rings. The van der Waals surface area contributed by atoms with E-state index in [9.17, 15) is 13.2 Å². The lowest BCUT2D eigenvalue weighted by molar-refractivity contribution is 0.477. The van der Waals surface area contributed by atoms with E-state index in [1.165, 1.54) is 0 Å². The molecular weight excluding hydrogens is 328 g/mol. The highest BCUT2D eigenvalue weighted by molar-refractivity contribution is 7.86. The van der Waals surface area contributed by atoms with E-state index in [1.54, 1.807) is 36.4 Å². The van der Waals surface area contributed by atoms with Crippen LogP contribution in [0.4, 0.5) is 0 Å². The molecule has 2 aromatic carbocycles. The Morgan fingerprint density at radius 2 is 1.79 bits per heavy atom. The summed E-state index contributed by atoms with van der Waals surface area (Å²) in [5.74, 6) is -0.216. The molecule has 0 saturated carbocycles. The first-order valence-electron chi connectivity index (χ1n) is 7.43. The van der Waals surface area contributed by atoms with Crippen molar-refractivity contribution < 1.29 is 17.0 Å². The Kier molecular flexibility index (Phi) is 4.15. The van der Waals surface area contributed by atoms with Gasteiger partial charge in [-0.25, -0.2) is 0 Å². The minimum Gasteiger partial charge on any atom is -0.452 e. The van der Waals surface area contributed by atoms with Gasteiger partial charge in [0.2, 0.25) is 11.2 Å². The van der Waals surface area contributed by atoms with Crippen molar-refractivity contribution >= 4 is 21.1 Å². The van der Waals surface area contributed by atoms with E-state index in [1.807, 2.05) is 19.1 Å². The summed E-state index contributed by atoms with van der Waals surface area (Å²) < 4.78 is 34.0. The highest BCUT2D eigenvalue weighted by atomic mass is 32.2. The summed E-state index contributed by atoms with van der Waals surface area (Å²) in [5.41, 5.74) is 1.40.